The van der Waals surface area contributed by atoms with E-state index in [1.165, 1.54) is 12.3 Å². The molecular formula is C25H22N2O5. The Balaban J connectivity index is 1.35. The van der Waals surface area contributed by atoms with Crippen molar-refractivity contribution in [3.05, 3.63) is 93.5 Å². The number of rotatable bonds is 4. The summed E-state index contributed by atoms with van der Waals surface area (Å²) in [5, 5.41) is 12.8. The van der Waals surface area contributed by atoms with E-state index in [4.69, 9.17) is 9.15 Å². The minimum atomic E-state index is -0.475. The number of nitrogens with one attached hydrogen (secondary N) is 1. The van der Waals surface area contributed by atoms with Gasteiger partial charge in [-0.25, -0.2) is 0 Å². The maximum absolute atomic E-state index is 12.5. The molecule has 4 rings (SSSR count). The van der Waals surface area contributed by atoms with Gasteiger partial charge in [-0.05, 0) is 48.5 Å². The number of hydrogen-bond donors (Lipinski definition) is 2. The Hall–Kier alpha value is -4.02. The molecule has 1 aliphatic heterocycles. The minimum Gasteiger partial charge on any atom is -0.502 e. The molecule has 1 saturated heterocycles. The summed E-state index contributed by atoms with van der Waals surface area (Å²) in [7, 11) is 0. The molecule has 0 aliphatic carbocycles. The third-order valence-electron chi connectivity index (χ3n) is 5.05. The Morgan fingerprint density at radius 2 is 1.59 bits per heavy atom. The van der Waals surface area contributed by atoms with Crippen LogP contribution in [0.1, 0.15) is 27.2 Å². The lowest BCUT2D eigenvalue weighted by Gasteiger charge is -2.26. The molecule has 2 aromatic carbocycles. The van der Waals surface area contributed by atoms with E-state index in [0.29, 0.717) is 31.9 Å². The molecule has 32 heavy (non-hydrogen) atoms. The number of ether oxygens (including phenoxy) is 1. The second-order valence-electron chi connectivity index (χ2n) is 7.22. The lowest BCUT2D eigenvalue weighted by atomic mass is 10.1. The van der Waals surface area contributed by atoms with Crippen LogP contribution < -0.4 is 10.7 Å². The third-order valence-corrected chi connectivity index (χ3v) is 5.05. The molecule has 1 amide bonds. The fraction of sp³-hybridized carbons (Fsp3) is 0.200. The maximum Gasteiger partial charge on any atom is 0.254 e. The van der Waals surface area contributed by atoms with Gasteiger partial charge in [-0.1, -0.05) is 11.8 Å². The highest BCUT2D eigenvalue weighted by Gasteiger charge is 2.18. The minimum absolute atomic E-state index is 0.0130. The molecule has 162 valence electrons. The SMILES string of the molecule is O=C(c1ccc(C#Cc2ccc(NCc3occc(=O)c3O)cc2)cc1)N1CCOCC1. The van der Waals surface area contributed by atoms with Gasteiger partial charge >= 0.3 is 0 Å². The summed E-state index contributed by atoms with van der Waals surface area (Å²) in [6.07, 6.45) is 1.25. The Bertz CT molecular complexity index is 1200. The number of aromatic hydroxyl groups is 1. The van der Waals surface area contributed by atoms with Gasteiger partial charge in [0.15, 0.2) is 5.76 Å². The molecule has 0 saturated carbocycles. The number of benzene rings is 2. The van der Waals surface area contributed by atoms with Crippen LogP contribution in [0.25, 0.3) is 0 Å². The first-order chi connectivity index (χ1) is 15.6. The number of anilines is 1. The Labute approximate surface area is 185 Å². The van der Waals surface area contributed by atoms with Gasteiger partial charge in [-0.15, -0.1) is 0 Å². The summed E-state index contributed by atoms with van der Waals surface area (Å²) in [5.74, 6) is 6.00. The van der Waals surface area contributed by atoms with E-state index in [-0.39, 0.29) is 24.0 Å². The highest BCUT2D eigenvalue weighted by atomic mass is 16.5. The molecule has 1 aliphatic rings. The van der Waals surface area contributed by atoms with E-state index < -0.39 is 5.43 Å². The molecule has 7 heteroatoms. The van der Waals surface area contributed by atoms with Gasteiger partial charge in [-0.2, -0.15) is 0 Å². The normalized spacial score (nSPS) is 13.2. The topological polar surface area (TPSA) is 92.0 Å². The van der Waals surface area contributed by atoms with Crippen LogP contribution in [0.2, 0.25) is 0 Å². The van der Waals surface area contributed by atoms with Gasteiger partial charge in [0.25, 0.3) is 5.91 Å². The first kappa shape index (κ1) is 21.2. The van der Waals surface area contributed by atoms with Crippen LogP contribution in [0.15, 0.2) is 70.1 Å². The van der Waals surface area contributed by atoms with Crippen molar-refractivity contribution in [2.24, 2.45) is 0 Å². The molecule has 0 spiro atoms. The Kier molecular flexibility index (Phi) is 6.54. The third kappa shape index (κ3) is 5.17. The predicted octanol–water partition coefficient (Wildman–Crippen LogP) is 2.83. The summed E-state index contributed by atoms with van der Waals surface area (Å²) in [5.41, 5.74) is 2.62. The average Bonchev–Trinajstić information content (AvgIpc) is 2.85. The van der Waals surface area contributed by atoms with Gasteiger partial charge in [0.1, 0.15) is 0 Å². The van der Waals surface area contributed by atoms with Crippen molar-refractivity contribution < 1.29 is 19.1 Å². The zero-order valence-corrected chi connectivity index (χ0v) is 17.3. The second kappa shape index (κ2) is 9.86. The summed E-state index contributed by atoms with van der Waals surface area (Å²) in [6, 6.07) is 15.9. The number of carbonyl (C=O) groups excluding carboxylic acids is 1. The number of carbonyl (C=O) groups is 1. The molecule has 0 radical (unpaired) electrons. The quantitative estimate of drug-likeness (QED) is 0.619. The number of nitrogens with zero attached hydrogens (tertiary/aromatic N) is 1. The molecule has 2 heterocycles. The fourth-order valence-electron chi connectivity index (χ4n) is 3.22. The van der Waals surface area contributed by atoms with Crippen molar-refractivity contribution in [2.45, 2.75) is 6.54 Å². The standard InChI is InChI=1S/C25H22N2O5/c28-22-11-14-32-23(24(22)29)17-26-21-9-5-19(6-10-21)2-1-18-3-7-20(8-4-18)25(30)27-12-15-31-16-13-27/h3-11,14,26,29H,12-13,15-17H2. The van der Waals surface area contributed by atoms with Crippen LogP contribution in [-0.2, 0) is 11.3 Å². The van der Waals surface area contributed by atoms with Crippen LogP contribution in [0.4, 0.5) is 5.69 Å². The highest BCUT2D eigenvalue weighted by Crippen LogP contribution is 2.15. The highest BCUT2D eigenvalue weighted by molar-refractivity contribution is 5.94. The Morgan fingerprint density at radius 3 is 2.25 bits per heavy atom. The van der Waals surface area contributed by atoms with Gasteiger partial charge in [0, 0.05) is 41.5 Å². The van der Waals surface area contributed by atoms with E-state index >= 15 is 0 Å². The van der Waals surface area contributed by atoms with Crippen LogP contribution in [0.5, 0.6) is 5.75 Å². The molecule has 0 atom stereocenters. The van der Waals surface area contributed by atoms with E-state index in [9.17, 15) is 14.7 Å². The summed E-state index contributed by atoms with van der Waals surface area (Å²) in [4.78, 5) is 25.7. The Morgan fingerprint density at radius 1 is 0.969 bits per heavy atom. The van der Waals surface area contributed by atoms with Crippen molar-refractivity contribution >= 4 is 11.6 Å². The van der Waals surface area contributed by atoms with Crippen molar-refractivity contribution in [1.29, 1.82) is 0 Å². The molecule has 0 unspecified atom stereocenters. The van der Waals surface area contributed by atoms with E-state index in [1.807, 2.05) is 36.4 Å². The van der Waals surface area contributed by atoms with Crippen LogP contribution in [-0.4, -0.2) is 42.2 Å². The molecule has 1 fully saturated rings. The number of morpholine rings is 1. The van der Waals surface area contributed by atoms with Gasteiger partial charge in [0.05, 0.1) is 26.0 Å². The number of hydrogen-bond acceptors (Lipinski definition) is 6. The van der Waals surface area contributed by atoms with Gasteiger partial charge < -0.3 is 24.5 Å². The zero-order chi connectivity index (χ0) is 22.3. The van der Waals surface area contributed by atoms with E-state index in [1.54, 1.807) is 17.0 Å². The summed E-state index contributed by atoms with van der Waals surface area (Å²) in [6.45, 7) is 2.57. The second-order valence-corrected chi connectivity index (χ2v) is 7.22. The first-order valence-electron chi connectivity index (χ1n) is 10.2. The largest absolute Gasteiger partial charge is 0.502 e. The van der Waals surface area contributed by atoms with E-state index in [0.717, 1.165) is 16.8 Å². The molecule has 7 nitrogen and oxygen atoms in total. The summed E-state index contributed by atoms with van der Waals surface area (Å²) >= 11 is 0. The lowest BCUT2D eigenvalue weighted by Crippen LogP contribution is -2.40. The fourth-order valence-corrected chi connectivity index (χ4v) is 3.22. The first-order valence-corrected chi connectivity index (χ1v) is 10.2. The molecule has 3 aromatic rings. The van der Waals surface area contributed by atoms with Gasteiger partial charge in [0.2, 0.25) is 11.2 Å². The van der Waals surface area contributed by atoms with Crippen molar-refractivity contribution in [3.8, 4) is 17.6 Å². The predicted molar refractivity (Wildman–Crippen MR) is 120 cm³/mol. The zero-order valence-electron chi connectivity index (χ0n) is 17.3. The molecular weight excluding hydrogens is 408 g/mol. The van der Waals surface area contributed by atoms with Crippen molar-refractivity contribution in [3.63, 3.8) is 0 Å². The van der Waals surface area contributed by atoms with Crippen LogP contribution in [0, 0.1) is 11.8 Å². The lowest BCUT2D eigenvalue weighted by molar-refractivity contribution is 0.0303. The monoisotopic (exact) mass is 430 g/mol. The van der Waals surface area contributed by atoms with Crippen molar-refractivity contribution in [2.75, 3.05) is 31.6 Å². The van der Waals surface area contributed by atoms with Gasteiger partial charge in [-0.3, -0.25) is 9.59 Å². The van der Waals surface area contributed by atoms with E-state index in [2.05, 4.69) is 17.2 Å². The van der Waals surface area contributed by atoms with Crippen molar-refractivity contribution in [1.82, 2.24) is 4.90 Å². The average molecular weight is 430 g/mol. The van der Waals surface area contributed by atoms with Crippen LogP contribution in [0.3, 0.4) is 0 Å². The van der Waals surface area contributed by atoms with Crippen LogP contribution >= 0.6 is 0 Å². The smallest absolute Gasteiger partial charge is 0.254 e. The molecule has 2 N–H and O–H groups in total. The maximum atomic E-state index is 12.5. The summed E-state index contributed by atoms with van der Waals surface area (Å²) < 4.78 is 10.5. The number of amides is 1. The molecule has 1 aromatic heterocycles. The molecule has 0 bridgehead atoms.